The minimum absolute atomic E-state index is 0.0465. The smallest absolute Gasteiger partial charge is 0.256 e. The monoisotopic (exact) mass is 286 g/mol. The lowest BCUT2D eigenvalue weighted by molar-refractivity contribution is 0.0684. The Morgan fingerprint density at radius 3 is 2.35 bits per heavy atom. The third-order valence-corrected chi connectivity index (χ3v) is 3.88. The van der Waals surface area contributed by atoms with Gasteiger partial charge in [-0.3, -0.25) is 4.79 Å². The molecule has 0 saturated heterocycles. The predicted molar refractivity (Wildman–Crippen MR) is 68.6 cm³/mol. The largest absolute Gasteiger partial charge is 0.339 e. The van der Waals surface area contributed by atoms with E-state index in [0.29, 0.717) is 0 Å². The van der Waals surface area contributed by atoms with Crippen LogP contribution in [-0.4, -0.2) is 29.9 Å². The maximum Gasteiger partial charge on any atom is 0.256 e. The molecule has 0 aliphatic heterocycles. The Balaban J connectivity index is 2.17. The van der Waals surface area contributed by atoms with E-state index in [9.17, 15) is 18.0 Å². The highest BCUT2D eigenvalue weighted by Crippen LogP contribution is 2.24. The van der Waals surface area contributed by atoms with Gasteiger partial charge in [-0.1, -0.05) is 0 Å². The van der Waals surface area contributed by atoms with Gasteiger partial charge in [-0.15, -0.1) is 0 Å². The summed E-state index contributed by atoms with van der Waals surface area (Å²) < 4.78 is 39.7. The van der Waals surface area contributed by atoms with Crippen LogP contribution in [0.3, 0.4) is 0 Å². The van der Waals surface area contributed by atoms with E-state index in [2.05, 4.69) is 0 Å². The van der Waals surface area contributed by atoms with E-state index in [-0.39, 0.29) is 12.1 Å². The van der Waals surface area contributed by atoms with Gasteiger partial charge < -0.3 is 10.6 Å². The molecule has 0 radical (unpaired) electrons. The van der Waals surface area contributed by atoms with Gasteiger partial charge >= 0.3 is 0 Å². The fourth-order valence-corrected chi connectivity index (χ4v) is 2.54. The molecule has 2 N–H and O–H groups in total. The van der Waals surface area contributed by atoms with Crippen molar-refractivity contribution in [2.24, 2.45) is 5.73 Å². The predicted octanol–water partition coefficient (Wildman–Crippen LogP) is 2.45. The van der Waals surface area contributed by atoms with E-state index < -0.39 is 28.9 Å². The summed E-state index contributed by atoms with van der Waals surface area (Å²) >= 11 is 0. The lowest BCUT2D eigenvalue weighted by atomic mass is 9.90. The average molecular weight is 286 g/mol. The number of halogens is 3. The molecule has 1 fully saturated rings. The Morgan fingerprint density at radius 2 is 1.75 bits per heavy atom. The summed E-state index contributed by atoms with van der Waals surface area (Å²) in [5, 5.41) is 0. The third kappa shape index (κ3) is 2.80. The summed E-state index contributed by atoms with van der Waals surface area (Å²) in [4.78, 5) is 13.6. The summed E-state index contributed by atoms with van der Waals surface area (Å²) in [5.74, 6) is -4.99. The summed E-state index contributed by atoms with van der Waals surface area (Å²) in [6.07, 6.45) is 3.05. The van der Waals surface area contributed by atoms with Crippen LogP contribution in [0.2, 0.25) is 0 Å². The van der Waals surface area contributed by atoms with Crippen LogP contribution in [0.4, 0.5) is 13.2 Å². The molecule has 3 nitrogen and oxygen atoms in total. The van der Waals surface area contributed by atoms with Crippen LogP contribution in [0.15, 0.2) is 12.1 Å². The number of amides is 1. The van der Waals surface area contributed by atoms with E-state index in [0.717, 1.165) is 37.8 Å². The molecule has 0 bridgehead atoms. The molecule has 6 heteroatoms. The van der Waals surface area contributed by atoms with Crippen molar-refractivity contribution in [1.29, 1.82) is 0 Å². The van der Waals surface area contributed by atoms with Crippen LogP contribution in [-0.2, 0) is 0 Å². The minimum Gasteiger partial charge on any atom is -0.339 e. The third-order valence-electron chi connectivity index (χ3n) is 3.88. The summed E-state index contributed by atoms with van der Waals surface area (Å²) in [6, 6.07) is 1.82. The van der Waals surface area contributed by atoms with Crippen molar-refractivity contribution in [3.63, 3.8) is 0 Å². The van der Waals surface area contributed by atoms with E-state index >= 15 is 0 Å². The van der Waals surface area contributed by atoms with E-state index in [1.807, 2.05) is 0 Å². The molecule has 1 saturated carbocycles. The number of rotatable bonds is 2. The molecule has 1 aliphatic rings. The highest BCUT2D eigenvalue weighted by atomic mass is 19.2. The van der Waals surface area contributed by atoms with Gasteiger partial charge in [0.05, 0.1) is 5.56 Å². The number of hydrogen-bond acceptors (Lipinski definition) is 2. The molecule has 0 unspecified atom stereocenters. The van der Waals surface area contributed by atoms with Gasteiger partial charge in [0.1, 0.15) is 0 Å². The van der Waals surface area contributed by atoms with Crippen molar-refractivity contribution in [1.82, 2.24) is 4.90 Å². The highest BCUT2D eigenvalue weighted by Gasteiger charge is 2.28. The summed E-state index contributed by atoms with van der Waals surface area (Å²) in [5.41, 5.74) is 5.35. The number of hydrogen-bond donors (Lipinski definition) is 1. The Kier molecular flexibility index (Phi) is 4.32. The standard InChI is InChI=1S/C14H17F3N2O/c1-19(9-4-2-8(18)3-5-9)14(20)10-6-7-11(15)13(17)12(10)16/h6-9H,2-5,18H2,1H3. The van der Waals surface area contributed by atoms with Crippen LogP contribution < -0.4 is 5.73 Å². The van der Waals surface area contributed by atoms with Crippen LogP contribution in [0.5, 0.6) is 0 Å². The molecule has 0 atom stereocenters. The molecule has 2 rings (SSSR count). The molecule has 0 aromatic heterocycles. The lowest BCUT2D eigenvalue weighted by Crippen LogP contribution is -2.42. The van der Waals surface area contributed by atoms with Crippen molar-refractivity contribution in [3.8, 4) is 0 Å². The summed E-state index contributed by atoms with van der Waals surface area (Å²) in [7, 11) is 1.55. The molecule has 1 aromatic carbocycles. The highest BCUT2D eigenvalue weighted by molar-refractivity contribution is 5.94. The first-order valence-electron chi connectivity index (χ1n) is 6.58. The quantitative estimate of drug-likeness (QED) is 0.849. The van der Waals surface area contributed by atoms with E-state index in [1.54, 1.807) is 7.05 Å². The van der Waals surface area contributed by atoms with Gasteiger partial charge in [-0.05, 0) is 37.8 Å². The average Bonchev–Trinajstić information content (AvgIpc) is 2.44. The number of nitrogens with two attached hydrogens (primary N) is 1. The van der Waals surface area contributed by atoms with Gasteiger partial charge in [-0.2, -0.15) is 0 Å². The topological polar surface area (TPSA) is 46.3 Å². The molecular weight excluding hydrogens is 269 g/mol. The van der Waals surface area contributed by atoms with Crippen molar-refractivity contribution in [2.45, 2.75) is 37.8 Å². The van der Waals surface area contributed by atoms with Crippen molar-refractivity contribution < 1.29 is 18.0 Å². The second-order valence-electron chi connectivity index (χ2n) is 5.21. The zero-order valence-electron chi connectivity index (χ0n) is 11.2. The number of carbonyl (C=O) groups excluding carboxylic acids is 1. The Labute approximate surface area is 115 Å². The van der Waals surface area contributed by atoms with Crippen molar-refractivity contribution in [3.05, 3.63) is 35.1 Å². The molecule has 0 heterocycles. The normalized spacial score (nSPS) is 22.6. The Bertz CT molecular complexity index is 513. The first-order valence-corrected chi connectivity index (χ1v) is 6.58. The Hall–Kier alpha value is -1.56. The Morgan fingerprint density at radius 1 is 1.15 bits per heavy atom. The van der Waals surface area contributed by atoms with Crippen LogP contribution >= 0.6 is 0 Å². The molecule has 0 spiro atoms. The maximum absolute atomic E-state index is 13.6. The molecule has 1 amide bonds. The lowest BCUT2D eigenvalue weighted by Gasteiger charge is -2.33. The minimum atomic E-state index is -1.62. The second-order valence-corrected chi connectivity index (χ2v) is 5.21. The molecule has 1 aromatic rings. The van der Waals surface area contributed by atoms with Crippen LogP contribution in [0.25, 0.3) is 0 Å². The molecule has 110 valence electrons. The van der Waals surface area contributed by atoms with Gasteiger partial charge in [0.15, 0.2) is 17.5 Å². The van der Waals surface area contributed by atoms with Gasteiger partial charge in [0.25, 0.3) is 5.91 Å². The summed E-state index contributed by atoms with van der Waals surface area (Å²) in [6.45, 7) is 0. The fraction of sp³-hybridized carbons (Fsp3) is 0.500. The molecule has 20 heavy (non-hydrogen) atoms. The number of benzene rings is 1. The van der Waals surface area contributed by atoms with Gasteiger partial charge in [0, 0.05) is 19.1 Å². The van der Waals surface area contributed by atoms with Gasteiger partial charge in [0.2, 0.25) is 0 Å². The number of nitrogens with zero attached hydrogens (tertiary/aromatic N) is 1. The van der Waals surface area contributed by atoms with E-state index in [4.69, 9.17) is 5.73 Å². The van der Waals surface area contributed by atoms with Crippen LogP contribution in [0.1, 0.15) is 36.0 Å². The van der Waals surface area contributed by atoms with E-state index in [1.165, 1.54) is 4.90 Å². The SMILES string of the molecule is CN(C(=O)c1ccc(F)c(F)c1F)C1CCC(N)CC1. The van der Waals surface area contributed by atoms with Crippen LogP contribution in [0, 0.1) is 17.5 Å². The maximum atomic E-state index is 13.6. The first kappa shape index (κ1) is 14.8. The zero-order valence-corrected chi connectivity index (χ0v) is 11.2. The second kappa shape index (κ2) is 5.83. The van der Waals surface area contributed by atoms with Crippen molar-refractivity contribution >= 4 is 5.91 Å². The first-order chi connectivity index (χ1) is 9.41. The molecule has 1 aliphatic carbocycles. The fourth-order valence-electron chi connectivity index (χ4n) is 2.54. The van der Waals surface area contributed by atoms with Gasteiger partial charge in [-0.25, -0.2) is 13.2 Å². The number of carbonyl (C=O) groups is 1. The van der Waals surface area contributed by atoms with Crippen molar-refractivity contribution in [2.75, 3.05) is 7.05 Å². The zero-order chi connectivity index (χ0) is 14.9. The molecular formula is C14H17F3N2O.